The van der Waals surface area contributed by atoms with Gasteiger partial charge in [0.1, 0.15) is 12.3 Å². The lowest BCUT2D eigenvalue weighted by atomic mass is 10.0. The first-order chi connectivity index (χ1) is 13.5. The quantitative estimate of drug-likeness (QED) is 0.535. The second-order valence-corrected chi connectivity index (χ2v) is 7.85. The van der Waals surface area contributed by atoms with Crippen molar-refractivity contribution in [3.63, 3.8) is 0 Å². The first-order valence-electron chi connectivity index (χ1n) is 10.9. The molecule has 1 rings (SSSR count). The predicted molar refractivity (Wildman–Crippen MR) is 113 cm³/mol. The molecule has 0 spiro atoms. The van der Waals surface area contributed by atoms with E-state index < -0.39 is 11.7 Å². The number of hydrogen-bond donors (Lipinski definition) is 1. The molecule has 0 radical (unpaired) electrons. The van der Waals surface area contributed by atoms with Crippen LogP contribution in [0.2, 0.25) is 0 Å². The Morgan fingerprint density at radius 1 is 0.964 bits per heavy atom. The van der Waals surface area contributed by atoms with Crippen molar-refractivity contribution in [2.45, 2.75) is 96.1 Å². The molecule has 0 aromatic heterocycles. The molecule has 5 nitrogen and oxygen atoms in total. The molecule has 1 unspecified atom stereocenters. The van der Waals surface area contributed by atoms with E-state index in [1.807, 2.05) is 0 Å². The van der Waals surface area contributed by atoms with Crippen LogP contribution in [0.25, 0.3) is 0 Å². The number of nitrogens with zero attached hydrogens (tertiary/aromatic N) is 1. The highest BCUT2D eigenvalue weighted by Gasteiger charge is 2.33. The second-order valence-electron chi connectivity index (χ2n) is 7.85. The molecule has 1 atom stereocenters. The van der Waals surface area contributed by atoms with Crippen molar-refractivity contribution in [1.82, 2.24) is 4.90 Å². The Hall–Kier alpha value is -1.62. The molecule has 5 heteroatoms. The number of carbonyl (C=O) groups excluding carboxylic acids is 2. The van der Waals surface area contributed by atoms with Crippen LogP contribution in [0.4, 0.5) is 0 Å². The van der Waals surface area contributed by atoms with E-state index in [1.54, 1.807) is 6.92 Å². The number of rotatable bonds is 2. The van der Waals surface area contributed by atoms with Crippen molar-refractivity contribution in [2.75, 3.05) is 13.7 Å². The van der Waals surface area contributed by atoms with E-state index in [4.69, 9.17) is 4.74 Å². The maximum absolute atomic E-state index is 12.7. The number of allylic oxidation sites excluding steroid dienone is 4. The van der Waals surface area contributed by atoms with Crippen LogP contribution in [0.5, 0.6) is 0 Å². The molecule has 28 heavy (non-hydrogen) atoms. The van der Waals surface area contributed by atoms with Gasteiger partial charge in [-0.1, -0.05) is 43.6 Å². The Morgan fingerprint density at radius 3 is 2.04 bits per heavy atom. The third kappa shape index (κ3) is 10.6. The molecule has 1 N–H and O–H groups in total. The summed E-state index contributed by atoms with van der Waals surface area (Å²) in [6.45, 7) is 1.40. The standard InChI is InChI=1S/C23H39NO4/c1-23(27)19-17-15-13-11-9-7-5-3-4-6-8-10-12-14-16-18-21(25)24(23)20-22(26)28-2/h10-13,27H,3-9,14-20H2,1-2H3/b12-10-,13-11-. The van der Waals surface area contributed by atoms with E-state index in [1.165, 1.54) is 44.1 Å². The Labute approximate surface area is 170 Å². The van der Waals surface area contributed by atoms with Crippen LogP contribution in [0.1, 0.15) is 90.4 Å². The maximum atomic E-state index is 12.7. The molecule has 0 fully saturated rings. The highest BCUT2D eigenvalue weighted by atomic mass is 16.5. The van der Waals surface area contributed by atoms with E-state index in [0.29, 0.717) is 19.3 Å². The number of esters is 1. The van der Waals surface area contributed by atoms with Gasteiger partial charge in [0.15, 0.2) is 0 Å². The molecular formula is C23H39NO4. The van der Waals surface area contributed by atoms with Gasteiger partial charge in [0.25, 0.3) is 0 Å². The largest absolute Gasteiger partial charge is 0.468 e. The Balaban J connectivity index is 2.72. The topological polar surface area (TPSA) is 66.8 Å². The fourth-order valence-corrected chi connectivity index (χ4v) is 3.44. The number of aliphatic hydroxyl groups is 1. The molecule has 1 aliphatic heterocycles. The molecule has 0 bridgehead atoms. The molecule has 0 aromatic carbocycles. The van der Waals surface area contributed by atoms with Gasteiger partial charge in [0.05, 0.1) is 7.11 Å². The zero-order valence-electron chi connectivity index (χ0n) is 17.8. The zero-order chi connectivity index (χ0) is 20.7. The molecule has 0 saturated carbocycles. The number of ether oxygens (including phenoxy) is 1. The fourth-order valence-electron chi connectivity index (χ4n) is 3.44. The van der Waals surface area contributed by atoms with Gasteiger partial charge in [-0.25, -0.2) is 0 Å². The molecule has 1 aliphatic rings. The lowest BCUT2D eigenvalue weighted by molar-refractivity contribution is -0.168. The molecule has 0 aromatic rings. The summed E-state index contributed by atoms with van der Waals surface area (Å²) < 4.78 is 4.72. The van der Waals surface area contributed by atoms with Gasteiger partial charge in [-0.15, -0.1) is 0 Å². The smallest absolute Gasteiger partial charge is 0.325 e. The first kappa shape index (κ1) is 24.4. The molecular weight excluding hydrogens is 354 g/mol. The first-order valence-corrected chi connectivity index (χ1v) is 10.9. The van der Waals surface area contributed by atoms with Crippen LogP contribution < -0.4 is 0 Å². The number of hydrogen-bond acceptors (Lipinski definition) is 4. The number of carbonyl (C=O) groups is 2. The highest BCUT2D eigenvalue weighted by Crippen LogP contribution is 2.21. The lowest BCUT2D eigenvalue weighted by Crippen LogP contribution is -2.52. The summed E-state index contributed by atoms with van der Waals surface area (Å²) in [6.07, 6.45) is 21.2. The highest BCUT2D eigenvalue weighted by molar-refractivity contribution is 5.82. The van der Waals surface area contributed by atoms with Gasteiger partial charge in [0.2, 0.25) is 5.91 Å². The van der Waals surface area contributed by atoms with Crippen LogP contribution in [0, 0.1) is 0 Å². The Morgan fingerprint density at radius 2 is 1.46 bits per heavy atom. The van der Waals surface area contributed by atoms with Gasteiger partial charge in [0, 0.05) is 6.42 Å². The number of amides is 1. The Bertz CT molecular complexity index is 511. The van der Waals surface area contributed by atoms with Gasteiger partial charge in [-0.2, -0.15) is 0 Å². The van der Waals surface area contributed by atoms with E-state index in [2.05, 4.69) is 24.3 Å². The van der Waals surface area contributed by atoms with Crippen molar-refractivity contribution in [1.29, 1.82) is 0 Å². The van der Waals surface area contributed by atoms with Crippen molar-refractivity contribution in [3.05, 3.63) is 24.3 Å². The zero-order valence-corrected chi connectivity index (χ0v) is 17.8. The fraction of sp³-hybridized carbons (Fsp3) is 0.739. The lowest BCUT2D eigenvalue weighted by Gasteiger charge is -2.36. The Kier molecular flexibility index (Phi) is 12.5. The monoisotopic (exact) mass is 393 g/mol. The van der Waals surface area contributed by atoms with E-state index in [9.17, 15) is 14.7 Å². The van der Waals surface area contributed by atoms with Crippen molar-refractivity contribution < 1.29 is 19.4 Å². The second kappa shape index (κ2) is 14.4. The predicted octanol–water partition coefficient (Wildman–Crippen LogP) is 4.89. The van der Waals surface area contributed by atoms with Crippen LogP contribution in [0.15, 0.2) is 24.3 Å². The summed E-state index contributed by atoms with van der Waals surface area (Å²) in [4.78, 5) is 25.7. The molecule has 0 saturated heterocycles. The summed E-state index contributed by atoms with van der Waals surface area (Å²) in [7, 11) is 1.30. The van der Waals surface area contributed by atoms with Gasteiger partial charge < -0.3 is 14.7 Å². The van der Waals surface area contributed by atoms with Gasteiger partial charge in [-0.3, -0.25) is 9.59 Å². The summed E-state index contributed by atoms with van der Waals surface area (Å²) in [5.74, 6) is -0.711. The van der Waals surface area contributed by atoms with Crippen LogP contribution >= 0.6 is 0 Å². The van der Waals surface area contributed by atoms with Gasteiger partial charge >= 0.3 is 5.97 Å². The van der Waals surface area contributed by atoms with E-state index >= 15 is 0 Å². The minimum absolute atomic E-state index is 0.200. The average molecular weight is 394 g/mol. The molecule has 0 aliphatic carbocycles. The minimum Gasteiger partial charge on any atom is -0.468 e. The van der Waals surface area contributed by atoms with Crippen LogP contribution in [-0.2, 0) is 14.3 Å². The summed E-state index contributed by atoms with van der Waals surface area (Å²) in [5, 5.41) is 10.9. The average Bonchev–Trinajstić information content (AvgIpc) is 2.67. The summed E-state index contributed by atoms with van der Waals surface area (Å²) >= 11 is 0. The maximum Gasteiger partial charge on any atom is 0.325 e. The third-order valence-corrected chi connectivity index (χ3v) is 5.25. The van der Waals surface area contributed by atoms with Crippen LogP contribution in [-0.4, -0.2) is 41.3 Å². The van der Waals surface area contributed by atoms with Crippen molar-refractivity contribution >= 4 is 11.9 Å². The molecule has 1 heterocycles. The van der Waals surface area contributed by atoms with Crippen molar-refractivity contribution in [2.24, 2.45) is 0 Å². The SMILES string of the molecule is COC(=O)CN1C(=O)CCC/C=C\CCCCCCC/C=C\CCCC1(C)O. The van der Waals surface area contributed by atoms with E-state index in [-0.39, 0.29) is 12.5 Å². The summed E-state index contributed by atoms with van der Waals surface area (Å²) in [5.41, 5.74) is -1.35. The van der Waals surface area contributed by atoms with Crippen LogP contribution in [0.3, 0.4) is 0 Å². The molecule has 160 valence electrons. The van der Waals surface area contributed by atoms with Gasteiger partial charge in [-0.05, 0) is 64.7 Å². The minimum atomic E-state index is -1.35. The third-order valence-electron chi connectivity index (χ3n) is 5.25. The normalized spacial score (nSPS) is 27.0. The van der Waals surface area contributed by atoms with E-state index in [0.717, 1.165) is 32.1 Å². The molecule has 1 amide bonds. The van der Waals surface area contributed by atoms with Crippen molar-refractivity contribution in [3.8, 4) is 0 Å². The number of methoxy groups -OCH3 is 1. The summed E-state index contributed by atoms with van der Waals surface area (Å²) in [6, 6.07) is 0.